The molecule has 0 aliphatic heterocycles. The maximum Gasteiger partial charge on any atom is 0.235 e. The van der Waals surface area contributed by atoms with Gasteiger partial charge in [-0.25, -0.2) is 0 Å². The summed E-state index contributed by atoms with van der Waals surface area (Å²) in [7, 11) is 1.91. The van der Waals surface area contributed by atoms with E-state index in [-0.39, 0.29) is 11.7 Å². The number of aromatic nitrogens is 4. The molecule has 0 spiro atoms. The minimum Gasteiger partial charge on any atom is -0.327 e. The Bertz CT molecular complexity index is 1200. The van der Waals surface area contributed by atoms with Crippen LogP contribution in [0.3, 0.4) is 0 Å². The summed E-state index contributed by atoms with van der Waals surface area (Å²) in [5.41, 5.74) is 4.72. The molecule has 2 aromatic heterocycles. The Morgan fingerprint density at radius 3 is 2.69 bits per heavy atom. The van der Waals surface area contributed by atoms with Crippen molar-refractivity contribution < 1.29 is 4.79 Å². The third kappa shape index (κ3) is 4.17. The van der Waals surface area contributed by atoms with Gasteiger partial charge in [0.05, 0.1) is 11.3 Å². The first-order chi connectivity index (χ1) is 15.4. The predicted molar refractivity (Wildman–Crippen MR) is 127 cm³/mol. The molecule has 1 aliphatic rings. The van der Waals surface area contributed by atoms with Crippen LogP contribution in [0.5, 0.6) is 0 Å². The standard InChI is InChI=1S/C24H28N6OS/c1-15-8-7-9-18(12-15)22-27-28-24(29(22)4)32-14-21(31)26-23-20(13-25)16(2)17(3)30(23)19-10-5-6-11-19/h7-9,12,19H,5-6,10-11,14H2,1-4H3,(H,26,31). The summed E-state index contributed by atoms with van der Waals surface area (Å²) in [5.74, 6) is 1.45. The van der Waals surface area contributed by atoms with Gasteiger partial charge < -0.3 is 14.5 Å². The molecule has 7 nitrogen and oxygen atoms in total. The number of amides is 1. The third-order valence-corrected chi connectivity index (χ3v) is 7.28. The van der Waals surface area contributed by atoms with Crippen molar-refractivity contribution in [2.75, 3.05) is 11.1 Å². The van der Waals surface area contributed by atoms with Gasteiger partial charge in [-0.3, -0.25) is 4.79 Å². The SMILES string of the molecule is Cc1cccc(-c2nnc(SCC(=O)Nc3c(C#N)c(C)c(C)n3C3CCCC3)n2C)c1. The van der Waals surface area contributed by atoms with Crippen molar-refractivity contribution in [3.63, 3.8) is 0 Å². The van der Waals surface area contributed by atoms with Gasteiger partial charge in [0.2, 0.25) is 5.91 Å². The second-order valence-corrected chi connectivity index (χ2v) is 9.37. The number of carbonyl (C=O) groups is 1. The molecule has 166 valence electrons. The quantitative estimate of drug-likeness (QED) is 0.540. The topological polar surface area (TPSA) is 88.5 Å². The van der Waals surface area contributed by atoms with Gasteiger partial charge in [-0.15, -0.1) is 10.2 Å². The van der Waals surface area contributed by atoms with E-state index in [0.29, 0.717) is 22.6 Å². The lowest BCUT2D eigenvalue weighted by Gasteiger charge is -2.19. The molecule has 1 N–H and O–H groups in total. The zero-order chi connectivity index (χ0) is 22.8. The van der Waals surface area contributed by atoms with Crippen LogP contribution in [-0.4, -0.2) is 31.0 Å². The normalized spacial score (nSPS) is 14.0. The van der Waals surface area contributed by atoms with Gasteiger partial charge >= 0.3 is 0 Å². The number of rotatable bonds is 6. The summed E-state index contributed by atoms with van der Waals surface area (Å²) in [6.45, 7) is 6.03. The largest absolute Gasteiger partial charge is 0.327 e. The number of anilines is 1. The van der Waals surface area contributed by atoms with Crippen molar-refractivity contribution in [1.29, 1.82) is 5.26 Å². The summed E-state index contributed by atoms with van der Waals surface area (Å²) >= 11 is 1.34. The van der Waals surface area contributed by atoms with Crippen LogP contribution >= 0.6 is 11.8 Å². The predicted octanol–water partition coefficient (Wildman–Crippen LogP) is 4.93. The minimum absolute atomic E-state index is 0.150. The Balaban J connectivity index is 1.50. The molecule has 1 aliphatic carbocycles. The number of nitriles is 1. The van der Waals surface area contributed by atoms with Gasteiger partial charge in [0.25, 0.3) is 0 Å². The molecule has 2 heterocycles. The van der Waals surface area contributed by atoms with Gasteiger partial charge in [0, 0.05) is 24.3 Å². The number of hydrogen-bond acceptors (Lipinski definition) is 5. The molecule has 1 aromatic carbocycles. The molecule has 3 aromatic rings. The van der Waals surface area contributed by atoms with Gasteiger partial charge in [-0.05, 0) is 45.2 Å². The van der Waals surface area contributed by atoms with Crippen molar-refractivity contribution in [3.8, 4) is 17.5 Å². The molecule has 0 bridgehead atoms. The molecule has 1 saturated carbocycles. The van der Waals surface area contributed by atoms with E-state index in [4.69, 9.17) is 0 Å². The number of thioether (sulfide) groups is 1. The lowest BCUT2D eigenvalue weighted by Crippen LogP contribution is -2.20. The molecule has 32 heavy (non-hydrogen) atoms. The summed E-state index contributed by atoms with van der Waals surface area (Å²) < 4.78 is 4.07. The number of benzene rings is 1. The van der Waals surface area contributed by atoms with E-state index in [2.05, 4.69) is 32.2 Å². The van der Waals surface area contributed by atoms with Crippen molar-refractivity contribution >= 4 is 23.5 Å². The monoisotopic (exact) mass is 448 g/mol. The third-order valence-electron chi connectivity index (χ3n) is 6.26. The molecule has 8 heteroatoms. The van der Waals surface area contributed by atoms with E-state index in [0.717, 1.165) is 41.1 Å². The summed E-state index contributed by atoms with van der Waals surface area (Å²) in [4.78, 5) is 12.9. The van der Waals surface area contributed by atoms with Crippen molar-refractivity contribution in [3.05, 3.63) is 46.6 Å². The minimum atomic E-state index is -0.150. The van der Waals surface area contributed by atoms with Crippen molar-refractivity contribution in [2.45, 2.75) is 57.7 Å². The van der Waals surface area contributed by atoms with E-state index in [1.165, 1.54) is 24.6 Å². The lowest BCUT2D eigenvalue weighted by molar-refractivity contribution is -0.113. The highest BCUT2D eigenvalue weighted by atomic mass is 32.2. The Kier molecular flexibility index (Phi) is 6.38. The zero-order valence-electron chi connectivity index (χ0n) is 19.0. The van der Waals surface area contributed by atoms with E-state index >= 15 is 0 Å². The maximum atomic E-state index is 12.9. The molecule has 0 saturated heterocycles. The number of hydrogen-bond donors (Lipinski definition) is 1. The van der Waals surface area contributed by atoms with Gasteiger partial charge in [0.15, 0.2) is 11.0 Å². The summed E-state index contributed by atoms with van der Waals surface area (Å²) in [6.07, 6.45) is 4.53. The summed E-state index contributed by atoms with van der Waals surface area (Å²) in [5, 5.41) is 22.0. The first-order valence-corrected chi connectivity index (χ1v) is 11.9. The fraction of sp³-hybridized carbons (Fsp3) is 0.417. The second kappa shape index (κ2) is 9.21. The molecular weight excluding hydrogens is 420 g/mol. The Morgan fingerprint density at radius 1 is 1.25 bits per heavy atom. The number of carbonyl (C=O) groups excluding carboxylic acids is 1. The summed E-state index contributed by atoms with van der Waals surface area (Å²) in [6, 6.07) is 10.7. The highest BCUT2D eigenvalue weighted by Gasteiger charge is 2.26. The fourth-order valence-electron chi connectivity index (χ4n) is 4.48. The smallest absolute Gasteiger partial charge is 0.235 e. The van der Waals surface area contributed by atoms with Crippen molar-refractivity contribution in [1.82, 2.24) is 19.3 Å². The van der Waals surface area contributed by atoms with Crippen LogP contribution in [0.15, 0.2) is 29.4 Å². The Hall–Kier alpha value is -3.05. The van der Waals surface area contributed by atoms with Crippen LogP contribution in [0.25, 0.3) is 11.4 Å². The average Bonchev–Trinajstić information content (AvgIpc) is 3.47. The van der Waals surface area contributed by atoms with E-state index in [9.17, 15) is 10.1 Å². The van der Waals surface area contributed by atoms with Gasteiger partial charge in [-0.2, -0.15) is 5.26 Å². The molecule has 4 rings (SSSR count). The molecule has 0 unspecified atom stereocenters. The fourth-order valence-corrected chi connectivity index (χ4v) is 5.19. The highest BCUT2D eigenvalue weighted by molar-refractivity contribution is 7.99. The first kappa shape index (κ1) is 22.2. The number of nitrogens with zero attached hydrogens (tertiary/aromatic N) is 5. The molecule has 0 radical (unpaired) electrons. The van der Waals surface area contributed by atoms with Gasteiger partial charge in [0.1, 0.15) is 11.9 Å². The van der Waals surface area contributed by atoms with Crippen molar-refractivity contribution in [2.24, 2.45) is 7.05 Å². The zero-order valence-corrected chi connectivity index (χ0v) is 19.8. The molecule has 1 amide bonds. The highest BCUT2D eigenvalue weighted by Crippen LogP contribution is 2.37. The van der Waals surface area contributed by atoms with E-state index in [1.54, 1.807) is 0 Å². The first-order valence-electron chi connectivity index (χ1n) is 10.9. The molecule has 1 fully saturated rings. The number of nitrogens with one attached hydrogen (secondary N) is 1. The van der Waals surface area contributed by atoms with Gasteiger partial charge in [-0.1, -0.05) is 48.4 Å². The van der Waals surface area contributed by atoms with Crippen LogP contribution in [0, 0.1) is 32.1 Å². The van der Waals surface area contributed by atoms with Crippen LogP contribution < -0.4 is 5.32 Å². The average molecular weight is 449 g/mol. The second-order valence-electron chi connectivity index (χ2n) is 8.43. The Morgan fingerprint density at radius 2 is 2.00 bits per heavy atom. The van der Waals surface area contributed by atoms with Crippen LogP contribution in [0.1, 0.15) is 54.1 Å². The maximum absolute atomic E-state index is 12.9. The van der Waals surface area contributed by atoms with Crippen LogP contribution in [-0.2, 0) is 11.8 Å². The molecular formula is C24H28N6OS. The van der Waals surface area contributed by atoms with E-state index < -0.39 is 0 Å². The van der Waals surface area contributed by atoms with E-state index in [1.807, 2.05) is 50.6 Å². The Labute approximate surface area is 192 Å². The number of aryl methyl sites for hydroxylation is 1. The van der Waals surface area contributed by atoms with Crippen LogP contribution in [0.4, 0.5) is 5.82 Å². The molecule has 0 atom stereocenters. The lowest BCUT2D eigenvalue weighted by atomic mass is 10.1. The van der Waals surface area contributed by atoms with Crippen LogP contribution in [0.2, 0.25) is 0 Å².